The number of rotatable bonds is 6. The van der Waals surface area contributed by atoms with Crippen molar-refractivity contribution in [3.8, 4) is 0 Å². The zero-order valence-electron chi connectivity index (χ0n) is 13.5. The summed E-state index contributed by atoms with van der Waals surface area (Å²) in [6.45, 7) is 1.14. The monoisotopic (exact) mass is 381 g/mol. The third-order valence-corrected chi connectivity index (χ3v) is 6.61. The fourth-order valence-electron chi connectivity index (χ4n) is 2.56. The van der Waals surface area contributed by atoms with Crippen LogP contribution in [-0.4, -0.2) is 52.7 Å². The Hall–Kier alpha value is -1.91. The SMILES string of the molecule is O=C(CSc1ncn[nH]1)Nc1ccc(S(=O)(=O)N2CCCCC2)cc1. The number of hydrogen-bond donors (Lipinski definition) is 2. The number of hydrogen-bond acceptors (Lipinski definition) is 6. The third-order valence-electron chi connectivity index (χ3n) is 3.82. The van der Waals surface area contributed by atoms with Crippen LogP contribution >= 0.6 is 11.8 Å². The van der Waals surface area contributed by atoms with E-state index in [0.717, 1.165) is 19.3 Å². The first kappa shape index (κ1) is 17.9. The molecule has 1 amide bonds. The topological polar surface area (TPSA) is 108 Å². The summed E-state index contributed by atoms with van der Waals surface area (Å²) in [5.41, 5.74) is 0.556. The fraction of sp³-hybridized carbons (Fsp3) is 0.400. The Bertz CT molecular complexity index is 800. The van der Waals surface area contributed by atoms with E-state index in [4.69, 9.17) is 0 Å². The normalized spacial score (nSPS) is 15.8. The summed E-state index contributed by atoms with van der Waals surface area (Å²) in [7, 11) is -3.45. The van der Waals surface area contributed by atoms with E-state index in [9.17, 15) is 13.2 Å². The number of thioether (sulfide) groups is 1. The highest BCUT2D eigenvalue weighted by molar-refractivity contribution is 7.99. The molecule has 0 bridgehead atoms. The number of carbonyl (C=O) groups is 1. The van der Waals surface area contributed by atoms with Crippen molar-refractivity contribution >= 4 is 33.4 Å². The smallest absolute Gasteiger partial charge is 0.243 e. The number of aromatic nitrogens is 3. The van der Waals surface area contributed by atoms with Gasteiger partial charge in [0.2, 0.25) is 15.9 Å². The predicted molar refractivity (Wildman–Crippen MR) is 94.8 cm³/mol. The number of amides is 1. The van der Waals surface area contributed by atoms with Crippen LogP contribution in [0, 0.1) is 0 Å². The first-order valence-corrected chi connectivity index (χ1v) is 10.4. The van der Waals surface area contributed by atoms with Crippen molar-refractivity contribution in [1.82, 2.24) is 19.5 Å². The van der Waals surface area contributed by atoms with Crippen LogP contribution in [0.15, 0.2) is 40.6 Å². The van der Waals surface area contributed by atoms with Gasteiger partial charge in [0.25, 0.3) is 0 Å². The molecule has 1 aromatic heterocycles. The van der Waals surface area contributed by atoms with Crippen LogP contribution in [-0.2, 0) is 14.8 Å². The summed E-state index contributed by atoms with van der Waals surface area (Å²) >= 11 is 1.24. The standard InChI is InChI=1S/C15H19N5O3S2/c21-14(10-24-15-16-11-17-19-15)18-12-4-6-13(7-5-12)25(22,23)20-8-2-1-3-9-20/h4-7,11H,1-3,8-10H2,(H,18,21)(H,16,17,19). The minimum absolute atomic E-state index is 0.184. The van der Waals surface area contributed by atoms with Crippen molar-refractivity contribution in [3.05, 3.63) is 30.6 Å². The highest BCUT2D eigenvalue weighted by atomic mass is 32.2. The lowest BCUT2D eigenvalue weighted by atomic mass is 10.2. The molecule has 134 valence electrons. The van der Waals surface area contributed by atoms with Gasteiger partial charge in [0.05, 0.1) is 10.6 Å². The van der Waals surface area contributed by atoms with Gasteiger partial charge in [-0.25, -0.2) is 13.4 Å². The van der Waals surface area contributed by atoms with E-state index < -0.39 is 10.0 Å². The Morgan fingerprint density at radius 1 is 1.20 bits per heavy atom. The van der Waals surface area contributed by atoms with Gasteiger partial charge in [0.1, 0.15) is 6.33 Å². The Balaban J connectivity index is 1.58. The first-order chi connectivity index (χ1) is 12.1. The van der Waals surface area contributed by atoms with Crippen LogP contribution < -0.4 is 5.32 Å². The molecule has 0 atom stereocenters. The van der Waals surface area contributed by atoms with Crippen molar-refractivity contribution < 1.29 is 13.2 Å². The summed E-state index contributed by atoms with van der Waals surface area (Å²) in [5.74, 6) is -0.0173. The Morgan fingerprint density at radius 3 is 2.56 bits per heavy atom. The zero-order chi connectivity index (χ0) is 17.7. The van der Waals surface area contributed by atoms with Crippen LogP contribution in [0.25, 0.3) is 0 Å². The maximum atomic E-state index is 12.6. The number of carbonyl (C=O) groups excluding carboxylic acids is 1. The van der Waals surface area contributed by atoms with Gasteiger partial charge in [-0.15, -0.1) is 0 Å². The van der Waals surface area contributed by atoms with Crippen LogP contribution in [0.1, 0.15) is 19.3 Å². The summed E-state index contributed by atoms with van der Waals surface area (Å²) in [6.07, 6.45) is 4.25. The Morgan fingerprint density at radius 2 is 1.92 bits per heavy atom. The molecule has 2 aromatic rings. The summed E-state index contributed by atoms with van der Waals surface area (Å²) in [5, 5.41) is 9.67. The molecule has 1 aromatic carbocycles. The summed E-state index contributed by atoms with van der Waals surface area (Å²) in [6, 6.07) is 6.27. The second kappa shape index (κ2) is 7.98. The van der Waals surface area contributed by atoms with Crippen molar-refractivity contribution in [1.29, 1.82) is 0 Å². The molecule has 0 aliphatic carbocycles. The molecule has 1 aliphatic rings. The number of benzene rings is 1. The number of anilines is 1. The zero-order valence-corrected chi connectivity index (χ0v) is 15.1. The van der Waals surface area contributed by atoms with Gasteiger partial charge in [0, 0.05) is 18.8 Å². The molecule has 8 nitrogen and oxygen atoms in total. The van der Waals surface area contributed by atoms with E-state index in [2.05, 4.69) is 20.5 Å². The number of piperidine rings is 1. The molecule has 1 saturated heterocycles. The van der Waals surface area contributed by atoms with E-state index in [1.165, 1.54) is 34.5 Å². The average Bonchev–Trinajstić information content (AvgIpc) is 3.15. The van der Waals surface area contributed by atoms with E-state index in [1.54, 1.807) is 12.1 Å². The van der Waals surface area contributed by atoms with E-state index in [0.29, 0.717) is 23.9 Å². The van der Waals surface area contributed by atoms with Crippen LogP contribution in [0.5, 0.6) is 0 Å². The van der Waals surface area contributed by atoms with Crippen molar-refractivity contribution in [2.24, 2.45) is 0 Å². The number of nitrogens with zero attached hydrogens (tertiary/aromatic N) is 3. The lowest BCUT2D eigenvalue weighted by Crippen LogP contribution is -2.35. The molecule has 25 heavy (non-hydrogen) atoms. The first-order valence-electron chi connectivity index (χ1n) is 7.94. The van der Waals surface area contributed by atoms with Crippen LogP contribution in [0.2, 0.25) is 0 Å². The quantitative estimate of drug-likeness (QED) is 0.738. The lowest BCUT2D eigenvalue weighted by molar-refractivity contribution is -0.113. The Kier molecular flexibility index (Phi) is 5.71. The van der Waals surface area contributed by atoms with E-state index >= 15 is 0 Å². The lowest BCUT2D eigenvalue weighted by Gasteiger charge is -2.25. The van der Waals surface area contributed by atoms with Crippen molar-refractivity contribution in [2.45, 2.75) is 29.3 Å². The highest BCUT2D eigenvalue weighted by Crippen LogP contribution is 2.22. The van der Waals surface area contributed by atoms with Gasteiger partial charge < -0.3 is 5.32 Å². The van der Waals surface area contributed by atoms with Gasteiger partial charge in [-0.2, -0.15) is 9.40 Å². The molecule has 2 N–H and O–H groups in total. The van der Waals surface area contributed by atoms with Gasteiger partial charge in [0.15, 0.2) is 5.16 Å². The molecular formula is C15H19N5O3S2. The molecule has 2 heterocycles. The summed E-state index contributed by atoms with van der Waals surface area (Å²) < 4.78 is 26.7. The number of H-pyrrole nitrogens is 1. The summed E-state index contributed by atoms with van der Waals surface area (Å²) in [4.78, 5) is 16.1. The second-order valence-corrected chi connectivity index (χ2v) is 8.52. The highest BCUT2D eigenvalue weighted by Gasteiger charge is 2.25. The minimum atomic E-state index is -3.45. The van der Waals surface area contributed by atoms with Crippen molar-refractivity contribution in [3.63, 3.8) is 0 Å². The predicted octanol–water partition coefficient (Wildman–Crippen LogP) is 1.71. The van der Waals surface area contributed by atoms with Gasteiger partial charge >= 0.3 is 0 Å². The molecule has 1 fully saturated rings. The third kappa shape index (κ3) is 4.59. The number of sulfonamides is 1. The number of nitrogens with one attached hydrogen (secondary N) is 2. The maximum Gasteiger partial charge on any atom is 0.243 e. The van der Waals surface area contributed by atoms with Crippen LogP contribution in [0.4, 0.5) is 5.69 Å². The molecule has 3 rings (SSSR count). The maximum absolute atomic E-state index is 12.6. The van der Waals surface area contributed by atoms with Gasteiger partial charge in [-0.3, -0.25) is 9.89 Å². The van der Waals surface area contributed by atoms with Gasteiger partial charge in [-0.05, 0) is 37.1 Å². The minimum Gasteiger partial charge on any atom is -0.325 e. The molecule has 0 radical (unpaired) electrons. The molecular weight excluding hydrogens is 362 g/mol. The number of aromatic amines is 1. The van der Waals surface area contributed by atoms with Crippen LogP contribution in [0.3, 0.4) is 0 Å². The Labute approximate surface area is 150 Å². The van der Waals surface area contributed by atoms with E-state index in [-0.39, 0.29) is 16.6 Å². The van der Waals surface area contributed by atoms with Crippen molar-refractivity contribution in [2.75, 3.05) is 24.2 Å². The van der Waals surface area contributed by atoms with Gasteiger partial charge in [-0.1, -0.05) is 18.2 Å². The molecule has 1 aliphatic heterocycles. The second-order valence-electron chi connectivity index (χ2n) is 5.62. The molecule has 10 heteroatoms. The molecule has 0 spiro atoms. The molecule has 0 saturated carbocycles. The largest absolute Gasteiger partial charge is 0.325 e. The average molecular weight is 381 g/mol. The fourth-order valence-corrected chi connectivity index (χ4v) is 4.66. The molecule has 0 unspecified atom stereocenters. The van der Waals surface area contributed by atoms with E-state index in [1.807, 2.05) is 0 Å².